The number of piperidine rings is 1. The number of fused-ring (bicyclic) bond motifs is 1. The molecule has 1 amide bonds. The maximum atomic E-state index is 11.7. The van der Waals surface area contributed by atoms with E-state index in [1.165, 1.54) is 5.56 Å². The molecule has 1 aliphatic heterocycles. The number of aryl methyl sites for hydroxylation is 2. The second-order valence-electron chi connectivity index (χ2n) is 6.06. The average molecular weight is 274 g/mol. The van der Waals surface area contributed by atoms with Crippen LogP contribution in [0.3, 0.4) is 0 Å². The molecule has 2 aliphatic rings. The molecule has 0 aromatic carbocycles. The Morgan fingerprint density at radius 2 is 2.25 bits per heavy atom. The van der Waals surface area contributed by atoms with E-state index in [9.17, 15) is 4.79 Å². The van der Waals surface area contributed by atoms with Crippen molar-refractivity contribution < 1.29 is 4.79 Å². The zero-order chi connectivity index (χ0) is 14.3. The van der Waals surface area contributed by atoms with Crippen molar-refractivity contribution in [2.45, 2.75) is 38.6 Å². The van der Waals surface area contributed by atoms with Gasteiger partial charge in [0.1, 0.15) is 5.82 Å². The number of hydrogen-bond acceptors (Lipinski definition) is 4. The highest BCUT2D eigenvalue weighted by Gasteiger charge is 2.28. The van der Waals surface area contributed by atoms with Crippen molar-refractivity contribution in [1.29, 1.82) is 0 Å². The van der Waals surface area contributed by atoms with Gasteiger partial charge >= 0.3 is 0 Å². The lowest BCUT2D eigenvalue weighted by atomic mass is 9.94. The quantitative estimate of drug-likeness (QED) is 0.837. The first-order valence-corrected chi connectivity index (χ1v) is 7.39. The summed E-state index contributed by atoms with van der Waals surface area (Å²) >= 11 is 0. The van der Waals surface area contributed by atoms with Gasteiger partial charge in [0.15, 0.2) is 0 Å². The second kappa shape index (κ2) is 5.05. The standard InChI is InChI=1S/C15H22N4O/c1-9-5-6-19(8-12(9)16)15-11(14(17)20)7-10-3-2-4-13(10)18-15/h7,9,12H,2-6,8,16H2,1H3,(H2,17,20). The van der Waals surface area contributed by atoms with Crippen LogP contribution in [0.15, 0.2) is 6.07 Å². The summed E-state index contributed by atoms with van der Waals surface area (Å²) in [4.78, 5) is 18.6. The first-order valence-electron chi connectivity index (χ1n) is 7.39. The third-order valence-electron chi connectivity index (χ3n) is 4.61. The van der Waals surface area contributed by atoms with Gasteiger partial charge in [-0.1, -0.05) is 6.92 Å². The molecule has 2 unspecified atom stereocenters. The molecule has 3 rings (SSSR count). The molecule has 20 heavy (non-hydrogen) atoms. The van der Waals surface area contributed by atoms with Gasteiger partial charge in [0, 0.05) is 24.8 Å². The van der Waals surface area contributed by atoms with Gasteiger partial charge in [0.2, 0.25) is 0 Å². The zero-order valence-electron chi connectivity index (χ0n) is 11.9. The van der Waals surface area contributed by atoms with Crippen LogP contribution >= 0.6 is 0 Å². The third kappa shape index (κ3) is 2.26. The van der Waals surface area contributed by atoms with Crippen LogP contribution in [0.1, 0.15) is 41.4 Å². The number of nitrogens with two attached hydrogens (primary N) is 2. The van der Waals surface area contributed by atoms with E-state index in [0.29, 0.717) is 11.5 Å². The highest BCUT2D eigenvalue weighted by Crippen LogP contribution is 2.29. The van der Waals surface area contributed by atoms with Crippen LogP contribution < -0.4 is 16.4 Å². The normalized spacial score (nSPS) is 25.6. The van der Waals surface area contributed by atoms with Crippen LogP contribution in [0, 0.1) is 5.92 Å². The number of hydrogen-bond donors (Lipinski definition) is 2. The van der Waals surface area contributed by atoms with E-state index < -0.39 is 5.91 Å². The minimum Gasteiger partial charge on any atom is -0.365 e. The van der Waals surface area contributed by atoms with E-state index >= 15 is 0 Å². The van der Waals surface area contributed by atoms with E-state index in [4.69, 9.17) is 16.5 Å². The second-order valence-corrected chi connectivity index (χ2v) is 6.06. The van der Waals surface area contributed by atoms with Gasteiger partial charge < -0.3 is 16.4 Å². The molecule has 1 aliphatic carbocycles. The topological polar surface area (TPSA) is 85.2 Å². The Bertz CT molecular complexity index is 543. The SMILES string of the molecule is CC1CCN(c2nc3c(cc2C(N)=O)CCC3)CC1N. The molecular formula is C15H22N4O. The highest BCUT2D eigenvalue weighted by molar-refractivity contribution is 5.98. The summed E-state index contributed by atoms with van der Waals surface area (Å²) in [5.74, 6) is 0.854. The molecule has 1 saturated heterocycles. The molecular weight excluding hydrogens is 252 g/mol. The minimum absolute atomic E-state index is 0.125. The van der Waals surface area contributed by atoms with Crippen molar-refractivity contribution in [1.82, 2.24) is 4.98 Å². The minimum atomic E-state index is -0.394. The first-order chi connectivity index (χ1) is 9.56. The van der Waals surface area contributed by atoms with Gasteiger partial charge in [-0.05, 0) is 43.2 Å². The summed E-state index contributed by atoms with van der Waals surface area (Å²) in [6, 6.07) is 2.07. The Balaban J connectivity index is 1.97. The summed E-state index contributed by atoms with van der Waals surface area (Å²) < 4.78 is 0. The Morgan fingerprint density at radius 1 is 1.45 bits per heavy atom. The van der Waals surface area contributed by atoms with Crippen molar-refractivity contribution >= 4 is 11.7 Å². The van der Waals surface area contributed by atoms with Gasteiger partial charge in [-0.2, -0.15) is 0 Å². The molecule has 4 N–H and O–H groups in total. The number of amides is 1. The Labute approximate surface area is 119 Å². The number of nitrogens with zero attached hydrogens (tertiary/aromatic N) is 2. The van der Waals surface area contributed by atoms with E-state index in [-0.39, 0.29) is 6.04 Å². The number of carbonyl (C=O) groups excluding carboxylic acids is 1. The zero-order valence-corrected chi connectivity index (χ0v) is 11.9. The van der Waals surface area contributed by atoms with E-state index in [1.807, 2.05) is 6.07 Å². The largest absolute Gasteiger partial charge is 0.365 e. The van der Waals surface area contributed by atoms with Crippen LogP contribution in [-0.4, -0.2) is 30.0 Å². The van der Waals surface area contributed by atoms with Crippen LogP contribution in [0.2, 0.25) is 0 Å². The molecule has 108 valence electrons. The molecule has 1 fully saturated rings. The van der Waals surface area contributed by atoms with Gasteiger partial charge in [-0.3, -0.25) is 4.79 Å². The summed E-state index contributed by atoms with van der Waals surface area (Å²) in [5.41, 5.74) is 14.5. The third-order valence-corrected chi connectivity index (χ3v) is 4.61. The first kappa shape index (κ1) is 13.4. The summed E-state index contributed by atoms with van der Waals surface area (Å²) in [6.07, 6.45) is 4.13. The number of carbonyl (C=O) groups is 1. The van der Waals surface area contributed by atoms with Gasteiger partial charge in [-0.15, -0.1) is 0 Å². The monoisotopic (exact) mass is 274 g/mol. The smallest absolute Gasteiger partial charge is 0.252 e. The van der Waals surface area contributed by atoms with Crippen molar-refractivity contribution in [3.05, 3.63) is 22.9 Å². The van der Waals surface area contributed by atoms with E-state index in [0.717, 1.165) is 50.3 Å². The van der Waals surface area contributed by atoms with Gasteiger partial charge in [0.05, 0.1) is 5.56 Å². The summed E-state index contributed by atoms with van der Waals surface area (Å²) in [6.45, 7) is 3.81. The predicted octanol–water partition coefficient (Wildman–Crippen LogP) is 0.843. The van der Waals surface area contributed by atoms with Crippen molar-refractivity contribution in [2.24, 2.45) is 17.4 Å². The Hall–Kier alpha value is -1.62. The molecule has 2 heterocycles. The summed E-state index contributed by atoms with van der Waals surface area (Å²) in [7, 11) is 0. The van der Waals surface area contributed by atoms with Crippen LogP contribution in [-0.2, 0) is 12.8 Å². The van der Waals surface area contributed by atoms with Gasteiger partial charge in [0.25, 0.3) is 5.91 Å². The highest BCUT2D eigenvalue weighted by atomic mass is 16.1. The fourth-order valence-electron chi connectivity index (χ4n) is 3.18. The lowest BCUT2D eigenvalue weighted by molar-refractivity contribution is 0.1000. The fourth-order valence-corrected chi connectivity index (χ4v) is 3.18. The average Bonchev–Trinajstić information content (AvgIpc) is 2.87. The lowest BCUT2D eigenvalue weighted by Crippen LogP contribution is -2.48. The molecule has 0 radical (unpaired) electrons. The summed E-state index contributed by atoms with van der Waals surface area (Å²) in [5, 5.41) is 0. The number of anilines is 1. The molecule has 1 aromatic heterocycles. The number of aromatic nitrogens is 1. The predicted molar refractivity (Wildman–Crippen MR) is 78.7 cm³/mol. The van der Waals surface area contributed by atoms with Crippen LogP contribution in [0.25, 0.3) is 0 Å². The molecule has 0 bridgehead atoms. The van der Waals surface area contributed by atoms with Gasteiger partial charge in [-0.25, -0.2) is 4.98 Å². The molecule has 5 heteroatoms. The van der Waals surface area contributed by atoms with Crippen molar-refractivity contribution in [3.8, 4) is 0 Å². The van der Waals surface area contributed by atoms with E-state index in [2.05, 4.69) is 11.8 Å². The van der Waals surface area contributed by atoms with Crippen molar-refractivity contribution in [3.63, 3.8) is 0 Å². The Kier molecular flexibility index (Phi) is 3.38. The number of primary amides is 1. The molecule has 1 aromatic rings. The van der Waals surface area contributed by atoms with E-state index in [1.54, 1.807) is 0 Å². The van der Waals surface area contributed by atoms with Crippen LogP contribution in [0.4, 0.5) is 5.82 Å². The van der Waals surface area contributed by atoms with Crippen molar-refractivity contribution in [2.75, 3.05) is 18.0 Å². The number of pyridine rings is 1. The fraction of sp³-hybridized carbons (Fsp3) is 0.600. The lowest BCUT2D eigenvalue weighted by Gasteiger charge is -2.36. The molecule has 0 spiro atoms. The number of rotatable bonds is 2. The molecule has 0 saturated carbocycles. The maximum absolute atomic E-state index is 11.7. The Morgan fingerprint density at radius 3 is 2.95 bits per heavy atom. The maximum Gasteiger partial charge on any atom is 0.252 e. The van der Waals surface area contributed by atoms with Crippen LogP contribution in [0.5, 0.6) is 0 Å². The molecule has 5 nitrogen and oxygen atoms in total. The molecule has 2 atom stereocenters.